The zero-order chi connectivity index (χ0) is 10.3. The second-order valence-corrected chi connectivity index (χ2v) is 5.42. The Morgan fingerprint density at radius 2 is 2.14 bits per heavy atom. The Labute approximate surface area is 84.9 Å². The van der Waals surface area contributed by atoms with Crippen molar-refractivity contribution >= 4 is 19.7 Å². The molecular weight excluding hydrogens is 231 g/mol. The molecule has 0 unspecified atom stereocenters. The van der Waals surface area contributed by atoms with Crippen molar-refractivity contribution in [3.63, 3.8) is 0 Å². The van der Waals surface area contributed by atoms with Crippen molar-refractivity contribution in [1.29, 1.82) is 0 Å². The predicted molar refractivity (Wildman–Crippen MR) is 48.6 cm³/mol. The van der Waals surface area contributed by atoms with Crippen LogP contribution in [0.15, 0.2) is 17.0 Å². The predicted octanol–water partition coefficient (Wildman–Crippen LogP) is 1.69. The van der Waals surface area contributed by atoms with Gasteiger partial charge in [0.2, 0.25) is 0 Å². The van der Waals surface area contributed by atoms with Crippen LogP contribution in [0.25, 0.3) is 0 Å². The molecule has 1 aliphatic rings. The average Bonchev–Trinajstić information content (AvgIpc) is 2.50. The number of ether oxygens (including phenoxy) is 1. The number of hydrogen-bond donors (Lipinski definition) is 0. The zero-order valence-corrected chi connectivity index (χ0v) is 8.53. The third-order valence-corrected chi connectivity index (χ3v) is 3.44. The Morgan fingerprint density at radius 1 is 1.43 bits per heavy atom. The zero-order valence-electron chi connectivity index (χ0n) is 6.96. The van der Waals surface area contributed by atoms with Crippen LogP contribution in [0.2, 0.25) is 0 Å². The van der Waals surface area contributed by atoms with Crippen molar-refractivity contribution < 1.29 is 17.5 Å². The van der Waals surface area contributed by atoms with Crippen LogP contribution < -0.4 is 4.74 Å². The summed E-state index contributed by atoms with van der Waals surface area (Å²) in [6.07, 6.45) is 0.369. The molecular formula is C8H6ClFO3S. The maximum Gasteiger partial charge on any atom is 0.261 e. The molecule has 1 aromatic rings. The van der Waals surface area contributed by atoms with Gasteiger partial charge in [-0.3, -0.25) is 0 Å². The Balaban J connectivity index is 2.72. The van der Waals surface area contributed by atoms with Crippen molar-refractivity contribution in [2.45, 2.75) is 11.3 Å². The van der Waals surface area contributed by atoms with Crippen LogP contribution in [0.5, 0.6) is 5.75 Å². The lowest BCUT2D eigenvalue weighted by molar-refractivity contribution is 0.339. The van der Waals surface area contributed by atoms with Crippen LogP contribution in [0.3, 0.4) is 0 Å². The van der Waals surface area contributed by atoms with E-state index >= 15 is 0 Å². The fraction of sp³-hybridized carbons (Fsp3) is 0.250. The molecule has 0 N–H and O–H groups in total. The summed E-state index contributed by atoms with van der Waals surface area (Å²) in [6.45, 7) is 0.287. The molecule has 1 aromatic carbocycles. The molecule has 76 valence electrons. The van der Waals surface area contributed by atoms with Gasteiger partial charge in [0.25, 0.3) is 9.05 Å². The Morgan fingerprint density at radius 3 is 2.79 bits per heavy atom. The van der Waals surface area contributed by atoms with Crippen LogP contribution in [-0.2, 0) is 15.5 Å². The number of fused-ring (bicyclic) bond motifs is 1. The lowest BCUT2D eigenvalue weighted by Gasteiger charge is -2.03. The normalized spacial score (nSPS) is 15.0. The van der Waals surface area contributed by atoms with Gasteiger partial charge >= 0.3 is 0 Å². The molecule has 0 aliphatic carbocycles. The highest BCUT2D eigenvalue weighted by atomic mass is 35.7. The molecule has 0 radical (unpaired) electrons. The van der Waals surface area contributed by atoms with Crippen LogP contribution >= 0.6 is 10.7 Å². The summed E-state index contributed by atoms with van der Waals surface area (Å²) in [5.41, 5.74) is 0.333. The lowest BCUT2D eigenvalue weighted by atomic mass is 10.2. The van der Waals surface area contributed by atoms with E-state index in [1.165, 1.54) is 0 Å². The molecule has 0 atom stereocenters. The highest BCUT2D eigenvalue weighted by Gasteiger charge is 2.25. The van der Waals surface area contributed by atoms with Crippen molar-refractivity contribution in [3.8, 4) is 5.75 Å². The van der Waals surface area contributed by atoms with Gasteiger partial charge in [-0.1, -0.05) is 0 Å². The Kier molecular flexibility index (Phi) is 2.16. The average molecular weight is 237 g/mol. The molecule has 0 fully saturated rings. The summed E-state index contributed by atoms with van der Waals surface area (Å²) in [6, 6.07) is 2.20. The first-order valence-electron chi connectivity index (χ1n) is 3.89. The van der Waals surface area contributed by atoms with Gasteiger partial charge in [-0.05, 0) is 12.1 Å². The van der Waals surface area contributed by atoms with Gasteiger partial charge in [0.15, 0.2) is 11.6 Å². The van der Waals surface area contributed by atoms with Crippen molar-refractivity contribution in [2.24, 2.45) is 0 Å². The number of rotatable bonds is 1. The summed E-state index contributed by atoms with van der Waals surface area (Å²) in [7, 11) is 1.37. The van der Waals surface area contributed by atoms with Gasteiger partial charge in [0.1, 0.15) is 0 Å². The minimum absolute atomic E-state index is 0.00623. The van der Waals surface area contributed by atoms with Crippen molar-refractivity contribution in [3.05, 3.63) is 23.5 Å². The molecule has 2 rings (SSSR count). The van der Waals surface area contributed by atoms with Crippen LogP contribution in [-0.4, -0.2) is 15.0 Å². The van der Waals surface area contributed by atoms with Gasteiger partial charge < -0.3 is 4.74 Å². The second-order valence-electron chi connectivity index (χ2n) is 2.89. The highest BCUT2D eigenvalue weighted by Crippen LogP contribution is 2.34. The second kappa shape index (κ2) is 3.10. The number of benzene rings is 1. The van der Waals surface area contributed by atoms with Crippen molar-refractivity contribution in [1.82, 2.24) is 0 Å². The van der Waals surface area contributed by atoms with E-state index in [0.29, 0.717) is 12.0 Å². The smallest absolute Gasteiger partial charge is 0.261 e. The first-order chi connectivity index (χ1) is 6.50. The van der Waals surface area contributed by atoms with E-state index in [1.54, 1.807) is 0 Å². The molecule has 3 nitrogen and oxygen atoms in total. The SMILES string of the molecule is O=S(=O)(Cl)c1ccc(F)c2c1CCO2. The van der Waals surface area contributed by atoms with E-state index in [1.807, 2.05) is 0 Å². The molecule has 0 aromatic heterocycles. The Bertz CT molecular complexity index is 484. The maximum absolute atomic E-state index is 13.1. The third kappa shape index (κ3) is 1.46. The molecule has 1 aliphatic heterocycles. The topological polar surface area (TPSA) is 43.4 Å². The summed E-state index contributed by atoms with van der Waals surface area (Å²) in [5, 5.41) is 0. The van der Waals surface area contributed by atoms with Gasteiger partial charge in [0, 0.05) is 22.7 Å². The molecule has 14 heavy (non-hydrogen) atoms. The highest BCUT2D eigenvalue weighted by molar-refractivity contribution is 8.13. The summed E-state index contributed by atoms with van der Waals surface area (Å²) in [4.78, 5) is -0.0620. The third-order valence-electron chi connectivity index (χ3n) is 2.03. The van der Waals surface area contributed by atoms with Crippen LogP contribution in [0.1, 0.15) is 5.56 Å². The number of hydrogen-bond acceptors (Lipinski definition) is 3. The van der Waals surface area contributed by atoms with Gasteiger partial charge in [-0.25, -0.2) is 12.8 Å². The van der Waals surface area contributed by atoms with Crippen LogP contribution in [0, 0.1) is 5.82 Å². The fourth-order valence-corrected chi connectivity index (χ4v) is 2.61. The molecule has 6 heteroatoms. The first kappa shape index (κ1) is 9.73. The van der Waals surface area contributed by atoms with E-state index in [9.17, 15) is 12.8 Å². The molecule has 0 amide bonds. The van der Waals surface area contributed by atoms with E-state index in [4.69, 9.17) is 15.4 Å². The summed E-state index contributed by atoms with van der Waals surface area (Å²) >= 11 is 0. The standard InChI is InChI=1S/C8H6ClFO3S/c9-14(11,12)7-2-1-6(10)8-5(7)3-4-13-8/h1-2H,3-4H2. The molecule has 0 saturated carbocycles. The molecule has 0 bridgehead atoms. The van der Waals surface area contributed by atoms with Gasteiger partial charge in [-0.15, -0.1) is 0 Å². The van der Waals surface area contributed by atoms with Gasteiger partial charge in [0.05, 0.1) is 11.5 Å². The minimum Gasteiger partial charge on any atom is -0.490 e. The first-order valence-corrected chi connectivity index (χ1v) is 6.20. The fourth-order valence-electron chi connectivity index (χ4n) is 1.46. The lowest BCUT2D eigenvalue weighted by Crippen LogP contribution is -1.96. The maximum atomic E-state index is 13.1. The van der Waals surface area contributed by atoms with E-state index in [-0.39, 0.29) is 17.3 Å². The quantitative estimate of drug-likeness (QED) is 0.697. The molecule has 0 saturated heterocycles. The van der Waals surface area contributed by atoms with E-state index in [2.05, 4.69) is 0 Å². The summed E-state index contributed by atoms with van der Waals surface area (Å²) < 4.78 is 40.2. The van der Waals surface area contributed by atoms with Crippen molar-refractivity contribution in [2.75, 3.05) is 6.61 Å². The number of halogens is 2. The molecule has 0 spiro atoms. The van der Waals surface area contributed by atoms with E-state index in [0.717, 1.165) is 12.1 Å². The minimum atomic E-state index is -3.82. The van der Waals surface area contributed by atoms with Crippen LogP contribution in [0.4, 0.5) is 4.39 Å². The van der Waals surface area contributed by atoms with E-state index < -0.39 is 14.9 Å². The summed E-state index contributed by atoms with van der Waals surface area (Å²) in [5.74, 6) is -0.548. The van der Waals surface area contributed by atoms with Gasteiger partial charge in [-0.2, -0.15) is 0 Å². The largest absolute Gasteiger partial charge is 0.490 e. The monoisotopic (exact) mass is 236 g/mol. The Hall–Kier alpha value is -0.810. The molecule has 1 heterocycles.